The fraction of sp³-hybridized carbons (Fsp3) is 0.917. The van der Waals surface area contributed by atoms with E-state index in [-0.39, 0.29) is 5.92 Å². The Balaban J connectivity index is 3.69. The number of hydrogen-bond acceptors (Lipinski definition) is 2. The molecule has 90 valence electrons. The first-order valence-corrected chi connectivity index (χ1v) is 6.00. The lowest BCUT2D eigenvalue weighted by Crippen LogP contribution is -2.14. The third-order valence-corrected chi connectivity index (χ3v) is 2.69. The predicted molar refractivity (Wildman–Crippen MR) is 62.7 cm³/mol. The normalized spacial score (nSPS) is 13.1. The third kappa shape index (κ3) is 8.43. The molecule has 0 saturated heterocycles. The zero-order chi connectivity index (χ0) is 11.7. The van der Waals surface area contributed by atoms with Gasteiger partial charge in [0.1, 0.15) is 0 Å². The van der Waals surface area contributed by atoms with Gasteiger partial charge in [0.05, 0.1) is 5.92 Å². The molecule has 0 fully saturated rings. The molecule has 0 aliphatic rings. The van der Waals surface area contributed by atoms with Crippen LogP contribution >= 0.6 is 0 Å². The summed E-state index contributed by atoms with van der Waals surface area (Å²) in [7, 11) is 0. The van der Waals surface area contributed by atoms with E-state index >= 15 is 0 Å². The summed E-state index contributed by atoms with van der Waals surface area (Å²) in [5, 5.41) is 9.01. The van der Waals surface area contributed by atoms with Crippen LogP contribution in [0.1, 0.15) is 52.4 Å². The number of carbonyl (C=O) groups is 1. The lowest BCUT2D eigenvalue weighted by atomic mass is 9.94. The minimum atomic E-state index is -0.643. The van der Waals surface area contributed by atoms with Gasteiger partial charge < -0.3 is 10.8 Å². The Kier molecular flexibility index (Phi) is 8.38. The van der Waals surface area contributed by atoms with Gasteiger partial charge in [-0.2, -0.15) is 0 Å². The minimum Gasteiger partial charge on any atom is -0.481 e. The maximum atomic E-state index is 10.9. The van der Waals surface area contributed by atoms with Crippen LogP contribution < -0.4 is 5.73 Å². The molecule has 0 aromatic carbocycles. The van der Waals surface area contributed by atoms with Gasteiger partial charge in [-0.1, -0.05) is 33.1 Å². The van der Waals surface area contributed by atoms with E-state index in [1.165, 1.54) is 0 Å². The average molecular weight is 215 g/mol. The van der Waals surface area contributed by atoms with Crippen LogP contribution in [0, 0.1) is 11.8 Å². The van der Waals surface area contributed by atoms with Crippen LogP contribution in [-0.2, 0) is 4.79 Å². The molecule has 3 heteroatoms. The average Bonchev–Trinajstić information content (AvgIpc) is 2.15. The van der Waals surface area contributed by atoms with Crippen LogP contribution in [0.5, 0.6) is 0 Å². The summed E-state index contributed by atoms with van der Waals surface area (Å²) < 4.78 is 0. The SMILES string of the molecule is CC(C)CCCC(CCCCN)C(=O)O. The van der Waals surface area contributed by atoms with Crippen molar-refractivity contribution in [2.45, 2.75) is 52.4 Å². The van der Waals surface area contributed by atoms with Crippen molar-refractivity contribution in [3.8, 4) is 0 Å². The fourth-order valence-electron chi connectivity index (χ4n) is 1.70. The van der Waals surface area contributed by atoms with E-state index in [2.05, 4.69) is 13.8 Å². The number of rotatable bonds is 9. The molecule has 3 nitrogen and oxygen atoms in total. The highest BCUT2D eigenvalue weighted by Gasteiger charge is 2.16. The van der Waals surface area contributed by atoms with E-state index in [1.807, 2.05) is 0 Å². The van der Waals surface area contributed by atoms with Crippen LogP contribution in [0.3, 0.4) is 0 Å². The standard InChI is InChI=1S/C12H25NO2/c1-10(2)6-5-8-11(12(14)15)7-3-4-9-13/h10-11H,3-9,13H2,1-2H3,(H,14,15). The van der Waals surface area contributed by atoms with Gasteiger partial charge in [0.25, 0.3) is 0 Å². The lowest BCUT2D eigenvalue weighted by Gasteiger charge is -2.12. The molecule has 0 aromatic rings. The lowest BCUT2D eigenvalue weighted by molar-refractivity contribution is -0.142. The van der Waals surface area contributed by atoms with Gasteiger partial charge in [0, 0.05) is 0 Å². The van der Waals surface area contributed by atoms with Gasteiger partial charge in [0.15, 0.2) is 0 Å². The maximum Gasteiger partial charge on any atom is 0.306 e. The topological polar surface area (TPSA) is 63.3 Å². The molecule has 0 bridgehead atoms. The molecule has 0 aromatic heterocycles. The van der Waals surface area contributed by atoms with Crippen LogP contribution in [0.2, 0.25) is 0 Å². The smallest absolute Gasteiger partial charge is 0.306 e. The second-order valence-electron chi connectivity index (χ2n) is 4.64. The summed E-state index contributed by atoms with van der Waals surface area (Å²) in [6.45, 7) is 5.01. The van der Waals surface area contributed by atoms with Crippen molar-refractivity contribution in [2.75, 3.05) is 6.54 Å². The molecule has 0 rings (SSSR count). The first kappa shape index (κ1) is 14.4. The van der Waals surface area contributed by atoms with Crippen molar-refractivity contribution in [1.82, 2.24) is 0 Å². The molecule has 0 aliphatic carbocycles. The molecule has 0 saturated carbocycles. The van der Waals surface area contributed by atoms with Gasteiger partial charge in [-0.05, 0) is 31.7 Å². The quantitative estimate of drug-likeness (QED) is 0.581. The Labute approximate surface area is 93.0 Å². The van der Waals surface area contributed by atoms with Gasteiger partial charge in [-0.15, -0.1) is 0 Å². The molecular weight excluding hydrogens is 190 g/mol. The molecule has 0 heterocycles. The van der Waals surface area contributed by atoms with Gasteiger partial charge in [0.2, 0.25) is 0 Å². The van der Waals surface area contributed by atoms with E-state index in [1.54, 1.807) is 0 Å². The van der Waals surface area contributed by atoms with E-state index in [0.29, 0.717) is 12.5 Å². The second-order valence-corrected chi connectivity index (χ2v) is 4.64. The number of nitrogens with two attached hydrogens (primary N) is 1. The van der Waals surface area contributed by atoms with Crippen molar-refractivity contribution < 1.29 is 9.90 Å². The van der Waals surface area contributed by atoms with Crippen molar-refractivity contribution in [3.63, 3.8) is 0 Å². The second kappa shape index (κ2) is 8.72. The summed E-state index contributed by atoms with van der Waals surface area (Å²) in [5.41, 5.74) is 5.38. The zero-order valence-electron chi connectivity index (χ0n) is 10.0. The molecule has 0 amide bonds. The first-order chi connectivity index (χ1) is 7.07. The van der Waals surface area contributed by atoms with Crippen LogP contribution in [0.15, 0.2) is 0 Å². The fourth-order valence-corrected chi connectivity index (χ4v) is 1.70. The zero-order valence-corrected chi connectivity index (χ0v) is 10.0. The third-order valence-electron chi connectivity index (χ3n) is 2.69. The molecule has 3 N–H and O–H groups in total. The number of aliphatic carboxylic acids is 1. The Bertz CT molecular complexity index is 169. The number of unbranched alkanes of at least 4 members (excludes halogenated alkanes) is 1. The summed E-state index contributed by atoms with van der Waals surface area (Å²) in [4.78, 5) is 10.9. The molecule has 0 spiro atoms. The summed E-state index contributed by atoms with van der Waals surface area (Å²) in [6, 6.07) is 0. The molecular formula is C12H25NO2. The highest BCUT2D eigenvalue weighted by molar-refractivity contribution is 5.69. The Morgan fingerprint density at radius 3 is 2.20 bits per heavy atom. The van der Waals surface area contributed by atoms with E-state index in [9.17, 15) is 4.79 Å². The molecule has 15 heavy (non-hydrogen) atoms. The summed E-state index contributed by atoms with van der Waals surface area (Å²) >= 11 is 0. The van der Waals surface area contributed by atoms with E-state index < -0.39 is 5.97 Å². The first-order valence-electron chi connectivity index (χ1n) is 6.00. The molecule has 0 radical (unpaired) electrons. The maximum absolute atomic E-state index is 10.9. The van der Waals surface area contributed by atoms with Gasteiger partial charge in [-0.25, -0.2) is 0 Å². The summed E-state index contributed by atoms with van der Waals surface area (Å²) in [5.74, 6) is -0.130. The van der Waals surface area contributed by atoms with E-state index in [4.69, 9.17) is 10.8 Å². The van der Waals surface area contributed by atoms with Gasteiger partial charge >= 0.3 is 5.97 Å². The predicted octanol–water partition coefficient (Wildman–Crippen LogP) is 2.64. The number of hydrogen-bond donors (Lipinski definition) is 2. The number of carboxylic acid groups (broad SMARTS) is 1. The highest BCUT2D eigenvalue weighted by atomic mass is 16.4. The van der Waals surface area contributed by atoms with Crippen LogP contribution in [-0.4, -0.2) is 17.6 Å². The van der Waals surface area contributed by atoms with Gasteiger partial charge in [-0.3, -0.25) is 4.79 Å². The van der Waals surface area contributed by atoms with Crippen molar-refractivity contribution in [3.05, 3.63) is 0 Å². The molecule has 0 aliphatic heterocycles. The van der Waals surface area contributed by atoms with Crippen molar-refractivity contribution >= 4 is 5.97 Å². The number of carboxylic acids is 1. The Hall–Kier alpha value is -0.570. The molecule has 1 atom stereocenters. The van der Waals surface area contributed by atoms with Crippen LogP contribution in [0.4, 0.5) is 0 Å². The van der Waals surface area contributed by atoms with Crippen molar-refractivity contribution in [1.29, 1.82) is 0 Å². The van der Waals surface area contributed by atoms with Crippen molar-refractivity contribution in [2.24, 2.45) is 17.6 Å². The largest absolute Gasteiger partial charge is 0.481 e. The minimum absolute atomic E-state index is 0.157. The Morgan fingerprint density at radius 1 is 1.13 bits per heavy atom. The monoisotopic (exact) mass is 215 g/mol. The molecule has 1 unspecified atom stereocenters. The van der Waals surface area contributed by atoms with Crippen LogP contribution in [0.25, 0.3) is 0 Å². The summed E-state index contributed by atoms with van der Waals surface area (Å²) in [6.07, 6.45) is 5.63. The highest BCUT2D eigenvalue weighted by Crippen LogP contribution is 2.18. The van der Waals surface area contributed by atoms with E-state index in [0.717, 1.165) is 38.5 Å². The Morgan fingerprint density at radius 2 is 1.73 bits per heavy atom.